The summed E-state index contributed by atoms with van der Waals surface area (Å²) in [5.74, 6) is 0. The molecule has 1 aromatic carbocycles. The van der Waals surface area contributed by atoms with Crippen molar-refractivity contribution in [2.24, 2.45) is 0 Å². The van der Waals surface area contributed by atoms with Crippen molar-refractivity contribution in [3.8, 4) is 0 Å². The topological polar surface area (TPSA) is 32.3 Å². The largest absolute Gasteiger partial charge is 0.392 e. The Labute approximate surface area is 99.9 Å². The van der Waals surface area contributed by atoms with E-state index in [1.54, 1.807) is 6.92 Å². The van der Waals surface area contributed by atoms with Gasteiger partial charge in [-0.25, -0.2) is 0 Å². The number of aliphatic hydroxyl groups is 1. The molecule has 0 aliphatic carbocycles. The Kier molecular flexibility index (Phi) is 3.59. The summed E-state index contributed by atoms with van der Waals surface area (Å²) in [6.45, 7) is 4.56. The molecule has 2 unspecified atom stereocenters. The van der Waals surface area contributed by atoms with Crippen molar-refractivity contribution >= 4 is 21.4 Å². The second kappa shape index (κ2) is 4.95. The Morgan fingerprint density at radius 2 is 2.06 bits per heavy atom. The summed E-state index contributed by atoms with van der Waals surface area (Å²) in [5, 5.41) is 13.8. The zero-order chi connectivity index (χ0) is 11.5. The third-order valence-electron chi connectivity index (χ3n) is 2.59. The van der Waals surface area contributed by atoms with Crippen LogP contribution in [0.5, 0.6) is 0 Å². The van der Waals surface area contributed by atoms with Gasteiger partial charge in [-0.15, -0.1) is 11.3 Å². The zero-order valence-corrected chi connectivity index (χ0v) is 10.4. The zero-order valence-electron chi connectivity index (χ0n) is 9.60. The molecule has 0 aliphatic rings. The number of hydrogen-bond donors (Lipinski definition) is 2. The quantitative estimate of drug-likeness (QED) is 0.854. The summed E-state index contributed by atoms with van der Waals surface area (Å²) < 4.78 is 1.32. The van der Waals surface area contributed by atoms with Gasteiger partial charge in [-0.3, -0.25) is 0 Å². The van der Waals surface area contributed by atoms with Crippen molar-refractivity contribution in [3.05, 3.63) is 35.2 Å². The molecule has 0 radical (unpaired) electrons. The van der Waals surface area contributed by atoms with Crippen LogP contribution in [-0.4, -0.2) is 17.8 Å². The lowest BCUT2D eigenvalue weighted by Gasteiger charge is -2.13. The number of fused-ring (bicyclic) bond motifs is 1. The van der Waals surface area contributed by atoms with E-state index in [4.69, 9.17) is 0 Å². The van der Waals surface area contributed by atoms with Gasteiger partial charge in [0.15, 0.2) is 0 Å². The Bertz CT molecular complexity index is 431. The van der Waals surface area contributed by atoms with Crippen molar-refractivity contribution in [1.82, 2.24) is 5.32 Å². The minimum atomic E-state index is -0.295. The highest BCUT2D eigenvalue weighted by Crippen LogP contribution is 2.29. The minimum absolute atomic E-state index is 0.295. The van der Waals surface area contributed by atoms with Crippen LogP contribution in [0.25, 0.3) is 10.1 Å². The maximum Gasteiger partial charge on any atom is 0.0636 e. The monoisotopic (exact) mass is 235 g/mol. The van der Waals surface area contributed by atoms with Gasteiger partial charge in [-0.1, -0.05) is 18.2 Å². The lowest BCUT2D eigenvalue weighted by Crippen LogP contribution is -2.26. The van der Waals surface area contributed by atoms with Crippen LogP contribution in [0, 0.1) is 0 Å². The first-order chi connectivity index (χ1) is 7.66. The first-order valence-corrected chi connectivity index (χ1v) is 6.38. The van der Waals surface area contributed by atoms with Gasteiger partial charge in [0.1, 0.15) is 0 Å². The maximum absolute atomic E-state index is 9.23. The number of nitrogens with one attached hydrogen (secondary N) is 1. The summed E-state index contributed by atoms with van der Waals surface area (Å²) in [5.41, 5.74) is 0. The molecule has 0 saturated heterocycles. The Balaban J connectivity index is 2.13. The average Bonchev–Trinajstić information content (AvgIpc) is 2.69. The van der Waals surface area contributed by atoms with E-state index in [1.165, 1.54) is 15.0 Å². The van der Waals surface area contributed by atoms with Gasteiger partial charge < -0.3 is 10.4 Å². The standard InChI is InChI=1S/C13H17NOS/c1-9(15)8-14-10(2)13-7-11-5-3-4-6-12(11)16-13/h3-7,9-10,14-15H,8H2,1-2H3. The predicted octanol–water partition coefficient (Wildman–Crippen LogP) is 2.93. The van der Waals surface area contributed by atoms with Crippen molar-refractivity contribution in [3.63, 3.8) is 0 Å². The van der Waals surface area contributed by atoms with E-state index in [2.05, 4.69) is 42.6 Å². The SMILES string of the molecule is CC(O)CNC(C)c1cc2ccccc2s1. The second-order valence-corrected chi connectivity index (χ2v) is 5.28. The van der Waals surface area contributed by atoms with E-state index in [9.17, 15) is 5.11 Å². The summed E-state index contributed by atoms with van der Waals surface area (Å²) in [6, 6.07) is 10.9. The predicted molar refractivity (Wildman–Crippen MR) is 69.9 cm³/mol. The third kappa shape index (κ3) is 2.61. The molecular formula is C13H17NOS. The van der Waals surface area contributed by atoms with Gasteiger partial charge in [0.05, 0.1) is 6.10 Å². The van der Waals surface area contributed by atoms with Crippen LogP contribution in [-0.2, 0) is 0 Å². The summed E-state index contributed by atoms with van der Waals surface area (Å²) in [7, 11) is 0. The molecule has 2 N–H and O–H groups in total. The third-order valence-corrected chi connectivity index (χ3v) is 3.89. The Morgan fingerprint density at radius 1 is 1.31 bits per heavy atom. The molecule has 0 bridgehead atoms. The molecule has 0 saturated carbocycles. The van der Waals surface area contributed by atoms with E-state index in [0.717, 1.165) is 0 Å². The van der Waals surface area contributed by atoms with Gasteiger partial charge in [0.2, 0.25) is 0 Å². The molecule has 2 nitrogen and oxygen atoms in total. The lowest BCUT2D eigenvalue weighted by molar-refractivity contribution is 0.187. The van der Waals surface area contributed by atoms with Crippen LogP contribution in [0.1, 0.15) is 24.8 Å². The lowest BCUT2D eigenvalue weighted by atomic mass is 10.2. The highest BCUT2D eigenvalue weighted by atomic mass is 32.1. The molecule has 16 heavy (non-hydrogen) atoms. The molecule has 1 aromatic heterocycles. The molecule has 86 valence electrons. The van der Waals surface area contributed by atoms with Crippen LogP contribution >= 0.6 is 11.3 Å². The fourth-order valence-electron chi connectivity index (χ4n) is 1.66. The fraction of sp³-hybridized carbons (Fsp3) is 0.385. The molecule has 1 heterocycles. The normalized spacial score (nSPS) is 15.2. The van der Waals surface area contributed by atoms with Crippen LogP contribution in [0.15, 0.2) is 30.3 Å². The summed E-state index contributed by atoms with van der Waals surface area (Å²) in [6.07, 6.45) is -0.295. The molecule has 0 fully saturated rings. The number of rotatable bonds is 4. The molecule has 3 heteroatoms. The van der Waals surface area contributed by atoms with Crippen molar-refractivity contribution < 1.29 is 5.11 Å². The van der Waals surface area contributed by atoms with Crippen LogP contribution < -0.4 is 5.32 Å². The van der Waals surface area contributed by atoms with Gasteiger partial charge in [0.25, 0.3) is 0 Å². The Morgan fingerprint density at radius 3 is 2.75 bits per heavy atom. The molecule has 2 aromatic rings. The van der Waals surface area contributed by atoms with Gasteiger partial charge in [-0.05, 0) is 31.4 Å². The number of benzene rings is 1. The van der Waals surface area contributed by atoms with E-state index >= 15 is 0 Å². The van der Waals surface area contributed by atoms with Crippen LogP contribution in [0.3, 0.4) is 0 Å². The summed E-state index contributed by atoms with van der Waals surface area (Å²) in [4.78, 5) is 1.32. The average molecular weight is 235 g/mol. The van der Waals surface area contributed by atoms with Crippen molar-refractivity contribution in [1.29, 1.82) is 0 Å². The second-order valence-electron chi connectivity index (χ2n) is 4.17. The van der Waals surface area contributed by atoms with Crippen LogP contribution in [0.2, 0.25) is 0 Å². The van der Waals surface area contributed by atoms with Gasteiger partial charge >= 0.3 is 0 Å². The maximum atomic E-state index is 9.23. The molecule has 2 atom stereocenters. The molecule has 0 spiro atoms. The number of aliphatic hydroxyl groups excluding tert-OH is 1. The van der Waals surface area contributed by atoms with Crippen LogP contribution in [0.4, 0.5) is 0 Å². The van der Waals surface area contributed by atoms with Crippen molar-refractivity contribution in [2.75, 3.05) is 6.54 Å². The van der Waals surface area contributed by atoms with E-state index in [1.807, 2.05) is 11.3 Å². The fourth-order valence-corrected chi connectivity index (χ4v) is 2.76. The highest BCUT2D eigenvalue weighted by Gasteiger charge is 2.09. The van der Waals surface area contributed by atoms with E-state index in [0.29, 0.717) is 12.6 Å². The molecule has 2 rings (SSSR count). The molecule has 0 aliphatic heterocycles. The first-order valence-electron chi connectivity index (χ1n) is 5.57. The van der Waals surface area contributed by atoms with Crippen molar-refractivity contribution in [2.45, 2.75) is 26.0 Å². The number of hydrogen-bond acceptors (Lipinski definition) is 3. The molecular weight excluding hydrogens is 218 g/mol. The minimum Gasteiger partial charge on any atom is -0.392 e. The highest BCUT2D eigenvalue weighted by molar-refractivity contribution is 7.19. The molecule has 0 amide bonds. The van der Waals surface area contributed by atoms with Gasteiger partial charge in [0, 0.05) is 22.2 Å². The summed E-state index contributed by atoms with van der Waals surface area (Å²) >= 11 is 1.81. The van der Waals surface area contributed by atoms with E-state index < -0.39 is 0 Å². The number of thiophene rings is 1. The Hall–Kier alpha value is -0.900. The van der Waals surface area contributed by atoms with E-state index in [-0.39, 0.29) is 6.10 Å². The van der Waals surface area contributed by atoms with Gasteiger partial charge in [-0.2, -0.15) is 0 Å². The smallest absolute Gasteiger partial charge is 0.0636 e. The first kappa shape index (κ1) is 11.6.